The van der Waals surface area contributed by atoms with Crippen LogP contribution in [0.3, 0.4) is 0 Å². The minimum atomic E-state index is -1.72. The van der Waals surface area contributed by atoms with Crippen LogP contribution in [0.15, 0.2) is 98.5 Å². The number of fused-ring (bicyclic) bond motifs is 2. The van der Waals surface area contributed by atoms with Gasteiger partial charge in [0.05, 0.1) is 28.9 Å². The van der Waals surface area contributed by atoms with E-state index in [1.165, 1.54) is 36.6 Å². The number of phenolic OH excluding ortho intramolecular Hbond substituents is 1. The zero-order valence-corrected chi connectivity index (χ0v) is 34.9. The molecule has 3 aliphatic heterocycles. The van der Waals surface area contributed by atoms with Gasteiger partial charge < -0.3 is 49.5 Å². The van der Waals surface area contributed by atoms with Crippen LogP contribution in [0.25, 0.3) is 27.8 Å². The Morgan fingerprint density at radius 2 is 1.71 bits per heavy atom. The van der Waals surface area contributed by atoms with Crippen molar-refractivity contribution in [1.82, 2.24) is 10.4 Å². The summed E-state index contributed by atoms with van der Waals surface area (Å²) in [6.45, 7) is 3.15. The number of hydrogen-bond acceptors (Lipinski definition) is 15. The number of ether oxygens (including phenoxy) is 3. The monoisotopic (exact) mass is 865 g/mol. The average Bonchev–Trinajstić information content (AvgIpc) is 3.85. The molecule has 4 aliphatic rings. The smallest absolute Gasteiger partial charge is 0.322 e. The Kier molecular flexibility index (Phi) is 13.1. The molecule has 16 nitrogen and oxygen atoms in total. The Bertz CT molecular complexity index is 2470. The Hall–Kier alpha value is -5.88. The fourth-order valence-corrected chi connectivity index (χ4v) is 8.84. The van der Waals surface area contributed by atoms with E-state index in [1.807, 2.05) is 38.1 Å². The second-order valence-corrected chi connectivity index (χ2v) is 16.5. The van der Waals surface area contributed by atoms with Crippen molar-refractivity contribution >= 4 is 34.8 Å². The highest BCUT2D eigenvalue weighted by molar-refractivity contribution is 5.95. The van der Waals surface area contributed by atoms with E-state index in [0.717, 1.165) is 54.4 Å². The standard InChI is InChI=1S/C47H51N3O13/c1-25-18-26(2)20-29(19-25)40-39-28(14-16-48-39)22-50(40)63-44-43(55)42(54)37(24-60-46(58)38(45(56)57)35(15-17-51)49-30-6-4-3-5-7-30)62-47(44)61-32-12-13-33-36(21-32)59-23-34(41(33)53)27-8-10-31(52)11-9-27/h8-14,16,18-21,23,30,35,37-38,42-44,47,49,51-52,54-55H,3-7,15,17,22,24H2,1-2H3,(H,56,57)/t35-,37-,38-,42-,43+,44-,47-/m0/s1. The molecule has 8 rings (SSSR count). The van der Waals surface area contributed by atoms with Gasteiger partial charge in [0, 0.05) is 42.1 Å². The lowest BCUT2D eigenvalue weighted by Gasteiger charge is -2.43. The van der Waals surface area contributed by atoms with Gasteiger partial charge in [0.25, 0.3) is 0 Å². The minimum Gasteiger partial charge on any atom is -0.508 e. The molecule has 1 saturated heterocycles. The van der Waals surface area contributed by atoms with Gasteiger partial charge in [0.2, 0.25) is 6.29 Å². The molecule has 332 valence electrons. The van der Waals surface area contributed by atoms with Crippen molar-refractivity contribution in [2.45, 2.75) is 95.2 Å². The maximum atomic E-state index is 13.6. The first-order chi connectivity index (χ1) is 30.4. The summed E-state index contributed by atoms with van der Waals surface area (Å²) in [6.07, 6.45) is 1.67. The molecule has 1 aromatic heterocycles. The van der Waals surface area contributed by atoms with E-state index < -0.39 is 61.2 Å². The number of carboxylic acid groups (broad SMARTS) is 1. The fraction of sp³-hybridized carbons (Fsp3) is 0.404. The van der Waals surface area contributed by atoms with Crippen molar-refractivity contribution in [2.75, 3.05) is 19.8 Å². The van der Waals surface area contributed by atoms with Crippen LogP contribution >= 0.6 is 0 Å². The predicted molar refractivity (Wildman–Crippen MR) is 229 cm³/mol. The van der Waals surface area contributed by atoms with Gasteiger partial charge in [0.1, 0.15) is 48.3 Å². The average molecular weight is 866 g/mol. The van der Waals surface area contributed by atoms with Crippen LogP contribution in [0.1, 0.15) is 55.2 Å². The van der Waals surface area contributed by atoms with E-state index in [1.54, 1.807) is 23.4 Å². The van der Waals surface area contributed by atoms with Crippen LogP contribution in [0.2, 0.25) is 0 Å². The lowest BCUT2D eigenvalue weighted by molar-refractivity contribution is -0.323. The molecule has 16 heteroatoms. The second kappa shape index (κ2) is 18.8. The first-order valence-electron chi connectivity index (χ1n) is 21.2. The van der Waals surface area contributed by atoms with Gasteiger partial charge in [0.15, 0.2) is 17.5 Å². The van der Waals surface area contributed by atoms with Gasteiger partial charge in [-0.25, -0.2) is 5.06 Å². The summed E-state index contributed by atoms with van der Waals surface area (Å²) in [6, 6.07) is 15.7. The number of nitrogens with one attached hydrogen (secondary N) is 1. The van der Waals surface area contributed by atoms with Gasteiger partial charge in [-0.05, 0) is 81.1 Å². The maximum Gasteiger partial charge on any atom is 0.322 e. The van der Waals surface area contributed by atoms with Gasteiger partial charge >= 0.3 is 11.9 Å². The number of hydroxylamine groups is 2. The summed E-state index contributed by atoms with van der Waals surface area (Å²) in [5.74, 6) is -4.05. The molecule has 0 unspecified atom stereocenters. The van der Waals surface area contributed by atoms with E-state index in [9.17, 15) is 39.9 Å². The lowest BCUT2D eigenvalue weighted by atomic mass is 9.91. The Morgan fingerprint density at radius 1 is 0.968 bits per heavy atom. The molecule has 1 aliphatic carbocycles. The van der Waals surface area contributed by atoms with E-state index in [-0.39, 0.29) is 59.1 Å². The van der Waals surface area contributed by atoms with Crippen LogP contribution in [-0.4, -0.2) is 111 Å². The number of esters is 1. The Labute approximate surface area is 362 Å². The Balaban J connectivity index is 1.07. The molecule has 4 heterocycles. The number of phenols is 1. The molecule has 0 amide bonds. The van der Waals surface area contributed by atoms with Crippen LogP contribution in [0.4, 0.5) is 0 Å². The largest absolute Gasteiger partial charge is 0.508 e. The number of carbonyl (C=O) groups excluding carboxylic acids is 1. The van der Waals surface area contributed by atoms with Crippen molar-refractivity contribution in [3.63, 3.8) is 0 Å². The molecule has 4 aromatic rings. The van der Waals surface area contributed by atoms with Gasteiger partial charge in [-0.3, -0.25) is 24.2 Å². The highest BCUT2D eigenvalue weighted by atomic mass is 16.8. The fourth-order valence-electron chi connectivity index (χ4n) is 8.84. The predicted octanol–water partition coefficient (Wildman–Crippen LogP) is 4.52. The summed E-state index contributed by atoms with van der Waals surface area (Å²) in [4.78, 5) is 50.8. The molecule has 3 aromatic carbocycles. The highest BCUT2D eigenvalue weighted by Gasteiger charge is 2.50. The zero-order chi connectivity index (χ0) is 44.4. The number of aliphatic hydroxyl groups is 3. The van der Waals surface area contributed by atoms with Crippen molar-refractivity contribution in [3.8, 4) is 22.6 Å². The second-order valence-electron chi connectivity index (χ2n) is 16.5. The number of benzene rings is 3. The van der Waals surface area contributed by atoms with E-state index in [0.29, 0.717) is 17.0 Å². The number of rotatable bonds is 15. The van der Waals surface area contributed by atoms with E-state index in [4.69, 9.17) is 23.5 Å². The van der Waals surface area contributed by atoms with E-state index >= 15 is 0 Å². The first kappa shape index (κ1) is 43.8. The van der Waals surface area contributed by atoms with Crippen molar-refractivity contribution in [2.24, 2.45) is 10.9 Å². The molecule has 0 spiro atoms. The summed E-state index contributed by atoms with van der Waals surface area (Å²) in [7, 11) is 0. The normalized spacial score (nSPS) is 23.4. The molecule has 63 heavy (non-hydrogen) atoms. The summed E-state index contributed by atoms with van der Waals surface area (Å²) in [5, 5.41) is 58.2. The third kappa shape index (κ3) is 9.42. The van der Waals surface area contributed by atoms with E-state index in [2.05, 4.69) is 10.3 Å². The SMILES string of the molecule is Cc1cc(C)cc(C2=C3N=CC=C3CN2O[C@@H]2[C@@H](Oc3ccc4c(=O)c(-c5ccc(O)cc5)coc4c3)O[C@@H](COC(=O)[C@H](C(=O)O)[C@H](CCO)NC3CCCCC3)[C@H](O)[C@H]2O)c1. The number of aliphatic imine (C=N–C) groups is 1. The van der Waals surface area contributed by atoms with Gasteiger partial charge in [-0.2, -0.15) is 0 Å². The lowest BCUT2D eigenvalue weighted by Crippen LogP contribution is -2.62. The van der Waals surface area contributed by atoms with Crippen LogP contribution in [-0.2, 0) is 23.9 Å². The Morgan fingerprint density at radius 3 is 2.43 bits per heavy atom. The highest BCUT2D eigenvalue weighted by Crippen LogP contribution is 2.40. The maximum absolute atomic E-state index is 13.6. The molecular weight excluding hydrogens is 815 g/mol. The number of nitrogens with zero attached hydrogens (tertiary/aromatic N) is 2. The van der Waals surface area contributed by atoms with Gasteiger partial charge in [-0.15, -0.1) is 0 Å². The third-order valence-electron chi connectivity index (χ3n) is 11.9. The number of carbonyl (C=O) groups is 2. The molecule has 7 atom stereocenters. The van der Waals surface area contributed by atoms with Crippen LogP contribution in [0, 0.1) is 19.8 Å². The summed E-state index contributed by atoms with van der Waals surface area (Å²) in [5.41, 5.74) is 5.62. The third-order valence-corrected chi connectivity index (χ3v) is 11.9. The molecule has 1 saturated carbocycles. The number of aliphatic carboxylic acids is 1. The quantitative estimate of drug-likeness (QED) is 0.0713. The number of aliphatic hydroxyl groups excluding tert-OH is 3. The van der Waals surface area contributed by atoms with Crippen LogP contribution < -0.4 is 15.5 Å². The number of hydrogen-bond donors (Lipinski definition) is 6. The number of aromatic hydroxyl groups is 1. The summed E-state index contributed by atoms with van der Waals surface area (Å²) < 4.78 is 24.1. The molecule has 0 radical (unpaired) electrons. The number of aryl methyl sites for hydroxylation is 2. The zero-order valence-electron chi connectivity index (χ0n) is 34.9. The van der Waals surface area contributed by atoms with Gasteiger partial charge in [-0.1, -0.05) is 48.6 Å². The number of carboxylic acids is 1. The number of allylic oxidation sites excluding steroid dienone is 1. The first-order valence-corrected chi connectivity index (χ1v) is 21.2. The van der Waals surface area contributed by atoms with Crippen LogP contribution in [0.5, 0.6) is 11.5 Å². The molecule has 2 fully saturated rings. The molecule has 6 N–H and O–H groups in total. The summed E-state index contributed by atoms with van der Waals surface area (Å²) >= 11 is 0. The van der Waals surface area contributed by atoms with Crippen molar-refractivity contribution < 1.29 is 58.6 Å². The topological polar surface area (TPSA) is 230 Å². The molecule has 0 bridgehead atoms. The van der Waals surface area contributed by atoms with Crippen molar-refractivity contribution in [1.29, 1.82) is 0 Å². The van der Waals surface area contributed by atoms with Crippen molar-refractivity contribution in [3.05, 3.63) is 111 Å². The minimum absolute atomic E-state index is 0.0122. The molecular formula is C47H51N3O13.